The fraction of sp³-hybridized carbons (Fsp3) is 0.300. The van der Waals surface area contributed by atoms with Crippen LogP contribution in [0, 0.1) is 6.92 Å². The van der Waals surface area contributed by atoms with Gasteiger partial charge in [-0.25, -0.2) is 8.42 Å². The van der Waals surface area contributed by atoms with Crippen LogP contribution in [0.5, 0.6) is 0 Å². The molecule has 8 heteroatoms. The van der Waals surface area contributed by atoms with Crippen molar-refractivity contribution in [2.75, 3.05) is 6.61 Å². The molecule has 0 aromatic heterocycles. The molecule has 1 N–H and O–H groups in total. The number of rotatable bonds is 6. The van der Waals surface area contributed by atoms with Crippen molar-refractivity contribution in [1.29, 1.82) is 0 Å². The molecule has 2 unspecified atom stereocenters. The van der Waals surface area contributed by atoms with Crippen LogP contribution in [0.4, 0.5) is 0 Å². The number of halogens is 1. The quantitative estimate of drug-likeness (QED) is 0.572. The topological polar surface area (TPSA) is 89.5 Å². The second-order valence-corrected chi connectivity index (χ2v) is 9.03. The lowest BCUT2D eigenvalue weighted by atomic mass is 9.95. The Morgan fingerprint density at radius 3 is 2.46 bits per heavy atom. The van der Waals surface area contributed by atoms with Gasteiger partial charge in [0.1, 0.15) is 10.9 Å². The number of Topliss-reactive ketones (excluding diaryl/α,β-unsaturated/α-hetero) is 1. The minimum Gasteiger partial charge on any atom is -0.465 e. The van der Waals surface area contributed by atoms with Gasteiger partial charge in [0.25, 0.3) is 0 Å². The van der Waals surface area contributed by atoms with Crippen LogP contribution in [0.15, 0.2) is 53.4 Å². The summed E-state index contributed by atoms with van der Waals surface area (Å²) in [6.07, 6.45) is 0.0173. The standard InChI is InChI=1S/C20H20ClNO5S/c1-3-27-19(24)17(22-28(25,26)15-10-8-13(2)9-11-15)20(21)12-14-6-4-5-7-16(14)18(20)23/h4-11,17,22H,3,12H2,1-2H3. The molecule has 148 valence electrons. The smallest absolute Gasteiger partial charge is 0.326 e. The number of hydrogen-bond donors (Lipinski definition) is 1. The highest BCUT2D eigenvalue weighted by Crippen LogP contribution is 2.38. The summed E-state index contributed by atoms with van der Waals surface area (Å²) in [6.45, 7) is 3.44. The lowest BCUT2D eigenvalue weighted by molar-refractivity contribution is -0.145. The molecule has 0 saturated carbocycles. The molecule has 3 rings (SSSR count). The van der Waals surface area contributed by atoms with E-state index in [1.165, 1.54) is 12.1 Å². The van der Waals surface area contributed by atoms with Gasteiger partial charge in [-0.2, -0.15) is 4.72 Å². The van der Waals surface area contributed by atoms with Crippen LogP contribution in [-0.2, 0) is 26.0 Å². The van der Waals surface area contributed by atoms with Crippen molar-refractivity contribution in [3.8, 4) is 0 Å². The Balaban J connectivity index is 2.00. The zero-order chi connectivity index (χ0) is 20.5. The minimum absolute atomic E-state index is 0.0173. The van der Waals surface area contributed by atoms with Gasteiger partial charge >= 0.3 is 5.97 Å². The minimum atomic E-state index is -4.11. The van der Waals surface area contributed by atoms with Crippen LogP contribution < -0.4 is 4.72 Å². The largest absolute Gasteiger partial charge is 0.465 e. The van der Waals surface area contributed by atoms with Crippen molar-refractivity contribution in [2.24, 2.45) is 0 Å². The first-order valence-corrected chi connectivity index (χ1v) is 10.6. The maximum absolute atomic E-state index is 13.0. The van der Waals surface area contributed by atoms with E-state index in [0.29, 0.717) is 11.1 Å². The molecule has 1 aliphatic rings. The van der Waals surface area contributed by atoms with E-state index < -0.39 is 32.7 Å². The number of esters is 1. The maximum atomic E-state index is 13.0. The first kappa shape index (κ1) is 20.5. The second kappa shape index (κ2) is 7.66. The third-order valence-corrected chi connectivity index (χ3v) is 6.63. The van der Waals surface area contributed by atoms with E-state index in [0.717, 1.165) is 5.56 Å². The molecule has 28 heavy (non-hydrogen) atoms. The molecule has 0 bridgehead atoms. The molecule has 0 amide bonds. The normalized spacial score (nSPS) is 19.9. The third kappa shape index (κ3) is 3.70. The van der Waals surface area contributed by atoms with E-state index in [1.807, 2.05) is 6.92 Å². The lowest BCUT2D eigenvalue weighted by Gasteiger charge is -2.29. The summed E-state index contributed by atoms with van der Waals surface area (Å²) >= 11 is 6.62. The molecule has 1 aliphatic carbocycles. The zero-order valence-electron chi connectivity index (χ0n) is 15.4. The summed E-state index contributed by atoms with van der Waals surface area (Å²) in [6, 6.07) is 11.3. The van der Waals surface area contributed by atoms with Crippen LogP contribution >= 0.6 is 11.6 Å². The Morgan fingerprint density at radius 1 is 1.21 bits per heavy atom. The monoisotopic (exact) mass is 421 g/mol. The molecular formula is C20H20ClNO5S. The van der Waals surface area contributed by atoms with Gasteiger partial charge < -0.3 is 4.74 Å². The Hall–Kier alpha value is -2.22. The molecule has 2 atom stereocenters. The van der Waals surface area contributed by atoms with Gasteiger partial charge in [-0.05, 0) is 31.5 Å². The number of hydrogen-bond acceptors (Lipinski definition) is 5. The number of sulfonamides is 1. The highest BCUT2D eigenvalue weighted by molar-refractivity contribution is 7.89. The van der Waals surface area contributed by atoms with Crippen LogP contribution in [-0.4, -0.2) is 37.7 Å². The number of benzene rings is 2. The summed E-state index contributed by atoms with van der Waals surface area (Å²) in [5, 5.41) is 0. The SMILES string of the molecule is CCOC(=O)C(NS(=O)(=O)c1ccc(C)cc1)C1(Cl)Cc2ccccc2C1=O. The molecule has 0 heterocycles. The van der Waals surface area contributed by atoms with E-state index in [1.54, 1.807) is 43.3 Å². The van der Waals surface area contributed by atoms with Gasteiger partial charge in [0, 0.05) is 12.0 Å². The first-order chi connectivity index (χ1) is 13.2. The molecular weight excluding hydrogens is 402 g/mol. The molecule has 0 saturated heterocycles. The number of aryl methyl sites for hydroxylation is 1. The van der Waals surface area contributed by atoms with Crippen molar-refractivity contribution < 1.29 is 22.7 Å². The van der Waals surface area contributed by atoms with Crippen molar-refractivity contribution in [1.82, 2.24) is 4.72 Å². The third-order valence-electron chi connectivity index (χ3n) is 4.67. The van der Waals surface area contributed by atoms with Crippen LogP contribution in [0.2, 0.25) is 0 Å². The predicted molar refractivity (Wildman–Crippen MR) is 105 cm³/mol. The average Bonchev–Trinajstić information content (AvgIpc) is 2.92. The lowest BCUT2D eigenvalue weighted by Crippen LogP contribution is -2.57. The molecule has 2 aromatic carbocycles. The van der Waals surface area contributed by atoms with Gasteiger partial charge in [0.15, 0.2) is 5.78 Å². The number of ketones is 1. The molecule has 0 aliphatic heterocycles. The van der Waals surface area contributed by atoms with Gasteiger partial charge in [0.05, 0.1) is 11.5 Å². The van der Waals surface area contributed by atoms with Gasteiger partial charge in [-0.15, -0.1) is 11.6 Å². The average molecular weight is 422 g/mol. The zero-order valence-corrected chi connectivity index (χ0v) is 17.0. The molecule has 2 aromatic rings. The summed E-state index contributed by atoms with van der Waals surface area (Å²) in [4.78, 5) is 23.7. The Labute approximate surface area is 168 Å². The highest BCUT2D eigenvalue weighted by atomic mass is 35.5. The number of ether oxygens (including phenoxy) is 1. The van der Waals surface area contributed by atoms with Gasteiger partial charge in [-0.1, -0.05) is 42.0 Å². The van der Waals surface area contributed by atoms with Crippen molar-refractivity contribution >= 4 is 33.4 Å². The molecule has 0 radical (unpaired) electrons. The van der Waals surface area contributed by atoms with E-state index in [4.69, 9.17) is 16.3 Å². The van der Waals surface area contributed by atoms with Crippen LogP contribution in [0.3, 0.4) is 0 Å². The van der Waals surface area contributed by atoms with Gasteiger partial charge in [-0.3, -0.25) is 9.59 Å². The number of nitrogens with one attached hydrogen (secondary N) is 1. The number of alkyl halides is 1. The highest BCUT2D eigenvalue weighted by Gasteiger charge is 2.54. The van der Waals surface area contributed by atoms with Crippen molar-refractivity contribution in [2.45, 2.75) is 36.1 Å². The van der Waals surface area contributed by atoms with E-state index in [9.17, 15) is 18.0 Å². The fourth-order valence-corrected chi connectivity index (χ4v) is 4.90. The summed E-state index contributed by atoms with van der Waals surface area (Å²) in [5.74, 6) is -1.40. The number of fused-ring (bicyclic) bond motifs is 1. The Kier molecular flexibility index (Phi) is 5.61. The van der Waals surface area contributed by atoms with E-state index in [-0.39, 0.29) is 17.9 Å². The number of carbonyl (C=O) groups is 2. The second-order valence-electron chi connectivity index (χ2n) is 6.64. The van der Waals surface area contributed by atoms with Crippen molar-refractivity contribution in [3.63, 3.8) is 0 Å². The fourth-order valence-electron chi connectivity index (χ4n) is 3.20. The van der Waals surface area contributed by atoms with Gasteiger partial charge in [0.2, 0.25) is 10.0 Å². The molecule has 0 fully saturated rings. The van der Waals surface area contributed by atoms with Crippen LogP contribution in [0.25, 0.3) is 0 Å². The Morgan fingerprint density at radius 2 is 1.86 bits per heavy atom. The van der Waals surface area contributed by atoms with E-state index >= 15 is 0 Å². The maximum Gasteiger partial charge on any atom is 0.326 e. The Bertz CT molecular complexity index is 1020. The van der Waals surface area contributed by atoms with E-state index in [2.05, 4.69) is 4.72 Å². The van der Waals surface area contributed by atoms with Crippen molar-refractivity contribution in [3.05, 3.63) is 65.2 Å². The molecule has 6 nitrogen and oxygen atoms in total. The van der Waals surface area contributed by atoms with Crippen LogP contribution in [0.1, 0.15) is 28.4 Å². The molecule has 0 spiro atoms. The summed E-state index contributed by atoms with van der Waals surface area (Å²) in [7, 11) is -4.11. The predicted octanol–water partition coefficient (Wildman–Crippen LogP) is 2.62. The summed E-state index contributed by atoms with van der Waals surface area (Å²) in [5.41, 5.74) is 1.92. The summed E-state index contributed by atoms with van der Waals surface area (Å²) < 4.78 is 33.0. The number of carbonyl (C=O) groups excluding carboxylic acids is 2. The first-order valence-electron chi connectivity index (χ1n) is 8.76.